The first-order chi connectivity index (χ1) is 6.35. The standard InChI is InChI=1S/C10H17N3/c1-2-13-10(8-3-4-8)7-9(12-13)5-6-11/h7-8H,2-6,11H2,1H3. The Kier molecular flexibility index (Phi) is 2.36. The molecule has 13 heavy (non-hydrogen) atoms. The summed E-state index contributed by atoms with van der Waals surface area (Å²) < 4.78 is 2.13. The molecule has 0 aliphatic heterocycles. The second kappa shape index (κ2) is 3.50. The highest BCUT2D eigenvalue weighted by Crippen LogP contribution is 2.40. The van der Waals surface area contributed by atoms with Crippen molar-refractivity contribution in [1.82, 2.24) is 9.78 Å². The molecule has 3 heteroatoms. The molecule has 3 nitrogen and oxygen atoms in total. The Morgan fingerprint density at radius 1 is 1.62 bits per heavy atom. The molecule has 1 aromatic heterocycles. The summed E-state index contributed by atoms with van der Waals surface area (Å²) in [5, 5.41) is 4.52. The van der Waals surface area contributed by atoms with E-state index in [2.05, 4.69) is 22.8 Å². The Bertz CT molecular complexity index is 286. The molecular weight excluding hydrogens is 162 g/mol. The molecule has 1 aliphatic rings. The smallest absolute Gasteiger partial charge is 0.0640 e. The summed E-state index contributed by atoms with van der Waals surface area (Å²) in [5.74, 6) is 0.791. The number of nitrogens with two attached hydrogens (primary N) is 1. The summed E-state index contributed by atoms with van der Waals surface area (Å²) in [7, 11) is 0. The summed E-state index contributed by atoms with van der Waals surface area (Å²) in [6.45, 7) is 3.83. The van der Waals surface area contributed by atoms with E-state index < -0.39 is 0 Å². The molecule has 72 valence electrons. The fourth-order valence-electron chi connectivity index (χ4n) is 1.72. The third kappa shape index (κ3) is 1.75. The van der Waals surface area contributed by atoms with E-state index in [0.29, 0.717) is 6.54 Å². The van der Waals surface area contributed by atoms with Crippen LogP contribution in [0, 0.1) is 0 Å². The topological polar surface area (TPSA) is 43.8 Å². The summed E-state index contributed by atoms with van der Waals surface area (Å²) in [6, 6.07) is 2.23. The molecule has 0 unspecified atom stereocenters. The van der Waals surface area contributed by atoms with E-state index >= 15 is 0 Å². The van der Waals surface area contributed by atoms with Crippen molar-refractivity contribution in [2.24, 2.45) is 5.73 Å². The van der Waals surface area contributed by atoms with E-state index in [9.17, 15) is 0 Å². The lowest BCUT2D eigenvalue weighted by Gasteiger charge is -2.00. The highest BCUT2D eigenvalue weighted by molar-refractivity contribution is 5.19. The summed E-state index contributed by atoms with van der Waals surface area (Å²) in [5.41, 5.74) is 8.08. The minimum Gasteiger partial charge on any atom is -0.330 e. The molecule has 0 amide bonds. The second-order valence-electron chi connectivity index (χ2n) is 3.69. The molecule has 0 spiro atoms. The van der Waals surface area contributed by atoms with Crippen molar-refractivity contribution < 1.29 is 0 Å². The van der Waals surface area contributed by atoms with Crippen molar-refractivity contribution in [3.05, 3.63) is 17.5 Å². The predicted molar refractivity (Wildman–Crippen MR) is 52.6 cm³/mol. The van der Waals surface area contributed by atoms with Crippen molar-refractivity contribution in [2.45, 2.75) is 38.6 Å². The minimum absolute atomic E-state index is 0.699. The maximum absolute atomic E-state index is 5.50. The maximum Gasteiger partial charge on any atom is 0.0640 e. The molecule has 2 rings (SSSR count). The van der Waals surface area contributed by atoms with Crippen LogP contribution in [0.3, 0.4) is 0 Å². The van der Waals surface area contributed by atoms with Crippen LogP contribution in [-0.2, 0) is 13.0 Å². The lowest BCUT2D eigenvalue weighted by molar-refractivity contribution is 0.614. The van der Waals surface area contributed by atoms with Crippen LogP contribution in [0.15, 0.2) is 6.07 Å². The van der Waals surface area contributed by atoms with Crippen LogP contribution in [0.1, 0.15) is 37.1 Å². The molecule has 1 heterocycles. The quantitative estimate of drug-likeness (QED) is 0.756. The normalized spacial score (nSPS) is 16.5. The van der Waals surface area contributed by atoms with Gasteiger partial charge in [-0.1, -0.05) is 0 Å². The molecule has 0 bridgehead atoms. The molecule has 1 aromatic rings. The van der Waals surface area contributed by atoms with Gasteiger partial charge in [0, 0.05) is 24.6 Å². The number of aromatic nitrogens is 2. The minimum atomic E-state index is 0.699. The lowest BCUT2D eigenvalue weighted by atomic mass is 10.2. The molecule has 1 aliphatic carbocycles. The van der Waals surface area contributed by atoms with Gasteiger partial charge in [0.05, 0.1) is 5.69 Å². The average molecular weight is 179 g/mol. The van der Waals surface area contributed by atoms with Crippen molar-refractivity contribution in [3.8, 4) is 0 Å². The van der Waals surface area contributed by atoms with Gasteiger partial charge >= 0.3 is 0 Å². The van der Waals surface area contributed by atoms with Crippen molar-refractivity contribution >= 4 is 0 Å². The van der Waals surface area contributed by atoms with Gasteiger partial charge in [0.2, 0.25) is 0 Å². The van der Waals surface area contributed by atoms with E-state index in [4.69, 9.17) is 5.73 Å². The monoisotopic (exact) mass is 179 g/mol. The molecule has 0 aromatic carbocycles. The third-order valence-corrected chi connectivity index (χ3v) is 2.56. The SMILES string of the molecule is CCn1nc(CCN)cc1C1CC1. The Morgan fingerprint density at radius 2 is 2.38 bits per heavy atom. The molecule has 1 fully saturated rings. The Labute approximate surface area is 78.9 Å². The zero-order valence-corrected chi connectivity index (χ0v) is 8.16. The molecule has 1 saturated carbocycles. The molecule has 0 atom stereocenters. The number of rotatable bonds is 4. The first kappa shape index (κ1) is 8.75. The molecular formula is C10H17N3. The van der Waals surface area contributed by atoms with Gasteiger partial charge in [0.15, 0.2) is 0 Å². The fraction of sp³-hybridized carbons (Fsp3) is 0.700. The third-order valence-electron chi connectivity index (χ3n) is 2.56. The average Bonchev–Trinajstić information content (AvgIpc) is 2.89. The van der Waals surface area contributed by atoms with E-state index in [-0.39, 0.29) is 0 Å². The molecule has 0 radical (unpaired) electrons. The van der Waals surface area contributed by atoms with Crippen LogP contribution in [0.2, 0.25) is 0 Å². The van der Waals surface area contributed by atoms with E-state index in [0.717, 1.165) is 24.6 Å². The first-order valence-corrected chi connectivity index (χ1v) is 5.11. The highest BCUT2D eigenvalue weighted by Gasteiger charge is 2.27. The van der Waals surface area contributed by atoms with Gasteiger partial charge in [0.25, 0.3) is 0 Å². The van der Waals surface area contributed by atoms with E-state index in [1.165, 1.54) is 18.5 Å². The van der Waals surface area contributed by atoms with Crippen LogP contribution in [0.5, 0.6) is 0 Å². The number of nitrogens with zero attached hydrogens (tertiary/aromatic N) is 2. The van der Waals surface area contributed by atoms with Gasteiger partial charge in [-0.3, -0.25) is 4.68 Å². The van der Waals surface area contributed by atoms with Gasteiger partial charge in [0.1, 0.15) is 0 Å². The summed E-state index contributed by atoms with van der Waals surface area (Å²) in [6.07, 6.45) is 3.59. The number of hydrogen-bond donors (Lipinski definition) is 1. The Hall–Kier alpha value is -0.830. The van der Waals surface area contributed by atoms with Gasteiger partial charge < -0.3 is 5.73 Å². The van der Waals surface area contributed by atoms with Gasteiger partial charge in [-0.25, -0.2) is 0 Å². The van der Waals surface area contributed by atoms with Crippen LogP contribution >= 0.6 is 0 Å². The zero-order valence-electron chi connectivity index (χ0n) is 8.16. The van der Waals surface area contributed by atoms with Crippen molar-refractivity contribution in [3.63, 3.8) is 0 Å². The fourth-order valence-corrected chi connectivity index (χ4v) is 1.72. The van der Waals surface area contributed by atoms with E-state index in [1.807, 2.05) is 0 Å². The Morgan fingerprint density at radius 3 is 2.92 bits per heavy atom. The molecule has 0 saturated heterocycles. The van der Waals surface area contributed by atoms with Gasteiger partial charge in [-0.15, -0.1) is 0 Å². The maximum atomic E-state index is 5.50. The lowest BCUT2D eigenvalue weighted by Crippen LogP contribution is -2.05. The summed E-state index contributed by atoms with van der Waals surface area (Å²) in [4.78, 5) is 0. The van der Waals surface area contributed by atoms with Crippen LogP contribution in [0.4, 0.5) is 0 Å². The van der Waals surface area contributed by atoms with Gasteiger partial charge in [-0.05, 0) is 32.4 Å². The highest BCUT2D eigenvalue weighted by atomic mass is 15.3. The van der Waals surface area contributed by atoms with Crippen molar-refractivity contribution in [2.75, 3.05) is 6.54 Å². The second-order valence-corrected chi connectivity index (χ2v) is 3.69. The molecule has 2 N–H and O–H groups in total. The van der Waals surface area contributed by atoms with Crippen LogP contribution in [0.25, 0.3) is 0 Å². The van der Waals surface area contributed by atoms with E-state index in [1.54, 1.807) is 0 Å². The first-order valence-electron chi connectivity index (χ1n) is 5.11. The van der Waals surface area contributed by atoms with Crippen LogP contribution < -0.4 is 5.73 Å². The van der Waals surface area contributed by atoms with Gasteiger partial charge in [-0.2, -0.15) is 5.10 Å². The zero-order chi connectivity index (χ0) is 9.26. The Balaban J connectivity index is 2.20. The summed E-state index contributed by atoms with van der Waals surface area (Å²) >= 11 is 0. The number of hydrogen-bond acceptors (Lipinski definition) is 2. The number of aryl methyl sites for hydroxylation is 1. The predicted octanol–water partition coefficient (Wildman–Crippen LogP) is 1.28. The van der Waals surface area contributed by atoms with Crippen LogP contribution in [-0.4, -0.2) is 16.3 Å². The largest absolute Gasteiger partial charge is 0.330 e. The van der Waals surface area contributed by atoms with Crippen molar-refractivity contribution in [1.29, 1.82) is 0 Å².